The number of aryl methyl sites for hydroxylation is 1. The summed E-state index contributed by atoms with van der Waals surface area (Å²) < 4.78 is 14.4. The van der Waals surface area contributed by atoms with Crippen molar-refractivity contribution < 1.29 is 4.39 Å². The van der Waals surface area contributed by atoms with E-state index in [4.69, 9.17) is 11.6 Å². The van der Waals surface area contributed by atoms with Crippen molar-refractivity contribution in [1.29, 1.82) is 0 Å². The molecule has 0 amide bonds. The molecule has 2 aromatic rings. The average molecular weight is 269 g/mol. The quantitative estimate of drug-likeness (QED) is 0.901. The molecule has 6 heteroatoms. The summed E-state index contributed by atoms with van der Waals surface area (Å²) in [6.07, 6.45) is 1.24. The number of aromatic nitrogens is 2. The summed E-state index contributed by atoms with van der Waals surface area (Å²) in [4.78, 5) is 24.7. The monoisotopic (exact) mass is 268 g/mol. The summed E-state index contributed by atoms with van der Waals surface area (Å²) in [7, 11) is 0. The molecule has 0 aliphatic carbocycles. The molecule has 18 heavy (non-hydrogen) atoms. The highest BCUT2D eigenvalue weighted by atomic mass is 35.5. The smallest absolute Gasteiger partial charge is 0.295 e. The molecule has 1 heterocycles. The van der Waals surface area contributed by atoms with Crippen LogP contribution in [0.15, 0.2) is 34.0 Å². The van der Waals surface area contributed by atoms with Crippen molar-refractivity contribution in [2.24, 2.45) is 0 Å². The number of aromatic amines is 1. The van der Waals surface area contributed by atoms with Crippen LogP contribution in [0.3, 0.4) is 0 Å². The zero-order chi connectivity index (χ0) is 13.3. The standard InChI is InChI=1S/C12H10ClFN2O2/c1-7-2-3-9(14)4-8(7)5-16-6-10(13)11(17)15-12(16)18/h2-4,6H,5H2,1H3,(H,15,17,18). The van der Waals surface area contributed by atoms with E-state index in [-0.39, 0.29) is 17.4 Å². The van der Waals surface area contributed by atoms with Gasteiger partial charge in [-0.1, -0.05) is 17.7 Å². The Hall–Kier alpha value is -1.88. The van der Waals surface area contributed by atoms with Gasteiger partial charge in [0, 0.05) is 6.20 Å². The predicted octanol–water partition coefficient (Wildman–Crippen LogP) is 1.69. The summed E-state index contributed by atoms with van der Waals surface area (Å²) in [6, 6.07) is 4.32. The Labute approximate surface area is 107 Å². The van der Waals surface area contributed by atoms with Crippen LogP contribution in [-0.2, 0) is 6.54 Å². The van der Waals surface area contributed by atoms with E-state index in [0.717, 1.165) is 5.56 Å². The van der Waals surface area contributed by atoms with Gasteiger partial charge in [0.15, 0.2) is 0 Å². The van der Waals surface area contributed by atoms with Crippen LogP contribution < -0.4 is 11.2 Å². The number of halogens is 2. The number of hydrogen-bond donors (Lipinski definition) is 1. The molecule has 1 aromatic carbocycles. The molecule has 1 N–H and O–H groups in total. The normalized spacial score (nSPS) is 10.6. The van der Waals surface area contributed by atoms with E-state index in [2.05, 4.69) is 4.98 Å². The van der Waals surface area contributed by atoms with Crippen LogP contribution in [0.5, 0.6) is 0 Å². The van der Waals surface area contributed by atoms with Gasteiger partial charge in [0.05, 0.1) is 6.54 Å². The fourth-order valence-corrected chi connectivity index (χ4v) is 1.76. The topological polar surface area (TPSA) is 54.9 Å². The number of nitrogens with one attached hydrogen (secondary N) is 1. The van der Waals surface area contributed by atoms with Crippen molar-refractivity contribution in [3.05, 3.63) is 67.2 Å². The van der Waals surface area contributed by atoms with Crippen LogP contribution in [0.1, 0.15) is 11.1 Å². The van der Waals surface area contributed by atoms with Crippen LogP contribution >= 0.6 is 11.6 Å². The first-order valence-corrected chi connectivity index (χ1v) is 5.59. The molecule has 0 spiro atoms. The third-order valence-corrected chi connectivity index (χ3v) is 2.89. The molecule has 0 fully saturated rings. The van der Waals surface area contributed by atoms with Gasteiger partial charge in [-0.2, -0.15) is 0 Å². The van der Waals surface area contributed by atoms with Crippen LogP contribution in [0.4, 0.5) is 4.39 Å². The van der Waals surface area contributed by atoms with Gasteiger partial charge in [0.1, 0.15) is 10.8 Å². The Kier molecular flexibility index (Phi) is 3.34. The van der Waals surface area contributed by atoms with Crippen LogP contribution in [-0.4, -0.2) is 9.55 Å². The van der Waals surface area contributed by atoms with Crippen LogP contribution in [0.2, 0.25) is 5.02 Å². The van der Waals surface area contributed by atoms with Gasteiger partial charge in [-0.15, -0.1) is 0 Å². The van der Waals surface area contributed by atoms with Gasteiger partial charge < -0.3 is 0 Å². The summed E-state index contributed by atoms with van der Waals surface area (Å²) in [6.45, 7) is 1.96. The molecular formula is C12H10ClFN2O2. The lowest BCUT2D eigenvalue weighted by molar-refractivity contribution is 0.620. The van der Waals surface area contributed by atoms with E-state index >= 15 is 0 Å². The molecule has 94 valence electrons. The molecule has 0 unspecified atom stereocenters. The van der Waals surface area contributed by atoms with Crippen molar-refractivity contribution in [2.75, 3.05) is 0 Å². The van der Waals surface area contributed by atoms with E-state index in [0.29, 0.717) is 5.56 Å². The number of hydrogen-bond acceptors (Lipinski definition) is 2. The number of rotatable bonds is 2. The number of benzene rings is 1. The lowest BCUT2D eigenvalue weighted by Gasteiger charge is -2.08. The van der Waals surface area contributed by atoms with Crippen molar-refractivity contribution in [3.8, 4) is 0 Å². The third-order valence-electron chi connectivity index (χ3n) is 2.62. The Morgan fingerprint density at radius 3 is 2.83 bits per heavy atom. The van der Waals surface area contributed by atoms with E-state index in [1.54, 1.807) is 6.07 Å². The molecular weight excluding hydrogens is 259 g/mol. The molecule has 0 saturated carbocycles. The van der Waals surface area contributed by atoms with Crippen molar-refractivity contribution >= 4 is 11.6 Å². The summed E-state index contributed by atoms with van der Waals surface area (Å²) in [5.74, 6) is -0.376. The number of nitrogens with zero attached hydrogens (tertiary/aromatic N) is 1. The van der Waals surface area contributed by atoms with E-state index in [1.165, 1.54) is 22.9 Å². The minimum absolute atomic E-state index is 0.0799. The molecule has 4 nitrogen and oxygen atoms in total. The summed E-state index contributed by atoms with van der Waals surface area (Å²) in [5, 5.41) is -0.0799. The van der Waals surface area contributed by atoms with E-state index < -0.39 is 11.2 Å². The summed E-state index contributed by atoms with van der Waals surface area (Å²) in [5.41, 5.74) is 0.299. The minimum atomic E-state index is -0.631. The first-order valence-electron chi connectivity index (χ1n) is 5.21. The van der Waals surface area contributed by atoms with Gasteiger partial charge >= 0.3 is 5.69 Å². The lowest BCUT2D eigenvalue weighted by Crippen LogP contribution is -2.30. The Morgan fingerprint density at radius 1 is 1.39 bits per heavy atom. The predicted molar refractivity (Wildman–Crippen MR) is 66.6 cm³/mol. The van der Waals surface area contributed by atoms with Crippen molar-refractivity contribution in [3.63, 3.8) is 0 Å². The zero-order valence-corrected chi connectivity index (χ0v) is 10.3. The van der Waals surface area contributed by atoms with Crippen molar-refractivity contribution in [2.45, 2.75) is 13.5 Å². The highest BCUT2D eigenvalue weighted by Crippen LogP contribution is 2.11. The van der Waals surface area contributed by atoms with Crippen LogP contribution in [0.25, 0.3) is 0 Å². The Morgan fingerprint density at radius 2 is 2.11 bits per heavy atom. The van der Waals surface area contributed by atoms with Gasteiger partial charge in [0.2, 0.25) is 0 Å². The van der Waals surface area contributed by atoms with Gasteiger partial charge in [-0.3, -0.25) is 14.3 Å². The molecule has 0 radical (unpaired) electrons. The van der Waals surface area contributed by atoms with Crippen LogP contribution in [0, 0.1) is 12.7 Å². The largest absolute Gasteiger partial charge is 0.328 e. The van der Waals surface area contributed by atoms with E-state index in [1.807, 2.05) is 6.92 Å². The van der Waals surface area contributed by atoms with Gasteiger partial charge in [0.25, 0.3) is 5.56 Å². The molecule has 0 aliphatic rings. The molecule has 2 rings (SSSR count). The number of H-pyrrole nitrogens is 1. The maximum atomic E-state index is 13.1. The molecule has 0 saturated heterocycles. The maximum absolute atomic E-state index is 13.1. The van der Waals surface area contributed by atoms with Crippen molar-refractivity contribution in [1.82, 2.24) is 9.55 Å². The molecule has 0 atom stereocenters. The second-order valence-electron chi connectivity index (χ2n) is 3.94. The first kappa shape index (κ1) is 12.6. The fraction of sp³-hybridized carbons (Fsp3) is 0.167. The summed E-state index contributed by atoms with van der Waals surface area (Å²) >= 11 is 5.65. The SMILES string of the molecule is Cc1ccc(F)cc1Cn1cc(Cl)c(=O)[nH]c1=O. The second-order valence-corrected chi connectivity index (χ2v) is 4.34. The highest BCUT2D eigenvalue weighted by molar-refractivity contribution is 6.30. The lowest BCUT2D eigenvalue weighted by atomic mass is 10.1. The minimum Gasteiger partial charge on any atom is -0.295 e. The first-order chi connectivity index (χ1) is 8.47. The van der Waals surface area contributed by atoms with Gasteiger partial charge in [-0.25, -0.2) is 9.18 Å². The Bertz CT molecular complexity index is 706. The average Bonchev–Trinajstić information content (AvgIpc) is 2.30. The van der Waals surface area contributed by atoms with Gasteiger partial charge in [-0.05, 0) is 30.2 Å². The Balaban J connectivity index is 2.46. The highest BCUT2D eigenvalue weighted by Gasteiger charge is 2.06. The second kappa shape index (κ2) is 4.78. The van der Waals surface area contributed by atoms with E-state index in [9.17, 15) is 14.0 Å². The zero-order valence-electron chi connectivity index (χ0n) is 9.54. The third kappa shape index (κ3) is 2.51. The fourth-order valence-electron chi connectivity index (χ4n) is 1.59. The molecule has 0 bridgehead atoms. The molecule has 1 aromatic heterocycles. The maximum Gasteiger partial charge on any atom is 0.328 e. The molecule has 0 aliphatic heterocycles.